The molecule has 2 atom stereocenters. The number of thiophene rings is 1. The van der Waals surface area contributed by atoms with Crippen molar-refractivity contribution in [2.45, 2.75) is 25.1 Å². The van der Waals surface area contributed by atoms with Crippen LogP contribution in [-0.4, -0.2) is 65.5 Å². The minimum atomic E-state index is -0.797. The lowest BCUT2D eigenvalue weighted by atomic mass is 9.97. The molecule has 148 valence electrons. The summed E-state index contributed by atoms with van der Waals surface area (Å²) in [5, 5.41) is 13.2. The number of aliphatic hydroxyl groups excluding tert-OH is 1. The average Bonchev–Trinajstić information content (AvgIpc) is 3.27. The number of likely N-dealkylation sites (tertiary alicyclic amines) is 1. The smallest absolute Gasteiger partial charge is 0.261 e. The first kappa shape index (κ1) is 19.4. The molecule has 1 saturated heterocycles. The van der Waals surface area contributed by atoms with Gasteiger partial charge in [0, 0.05) is 31.7 Å². The zero-order valence-electron chi connectivity index (χ0n) is 15.5. The molecule has 1 aromatic carbocycles. The van der Waals surface area contributed by atoms with Gasteiger partial charge in [0.05, 0.1) is 21.4 Å². The quantitative estimate of drug-likeness (QED) is 0.798. The third kappa shape index (κ3) is 3.93. The lowest BCUT2D eigenvalue weighted by Crippen LogP contribution is -2.42. The molecule has 3 heterocycles. The number of nitrogens with zero attached hydrogens (tertiary/aromatic N) is 2. The number of β-amino-alcohol motifs (C(OH)–C–C–N with tert-alkyl or cyclic N) is 1. The van der Waals surface area contributed by atoms with Crippen LogP contribution in [0.4, 0.5) is 0 Å². The van der Waals surface area contributed by atoms with Crippen molar-refractivity contribution in [3.05, 3.63) is 56.2 Å². The third-order valence-corrected chi connectivity index (χ3v) is 6.58. The average molecular weight is 420 g/mol. The van der Waals surface area contributed by atoms with E-state index in [0.29, 0.717) is 14.8 Å². The molecule has 1 fully saturated rings. The van der Waals surface area contributed by atoms with E-state index in [4.69, 9.17) is 11.6 Å². The summed E-state index contributed by atoms with van der Waals surface area (Å²) in [6.07, 6.45) is 0.132. The summed E-state index contributed by atoms with van der Waals surface area (Å²) < 4.78 is 0.535. The number of halogens is 1. The summed E-state index contributed by atoms with van der Waals surface area (Å²) in [5.74, 6) is -0.398. The van der Waals surface area contributed by atoms with Crippen molar-refractivity contribution in [1.29, 1.82) is 0 Å². The zero-order valence-corrected chi connectivity index (χ0v) is 17.1. The Morgan fingerprint density at radius 2 is 2.04 bits per heavy atom. The Labute approximate surface area is 172 Å². The summed E-state index contributed by atoms with van der Waals surface area (Å²) >= 11 is 7.06. The number of hydrogen-bond acceptors (Lipinski definition) is 5. The van der Waals surface area contributed by atoms with Crippen LogP contribution in [0, 0.1) is 0 Å². The van der Waals surface area contributed by atoms with Crippen molar-refractivity contribution in [3.63, 3.8) is 0 Å². The molecule has 28 heavy (non-hydrogen) atoms. The molecule has 2 aliphatic rings. The van der Waals surface area contributed by atoms with E-state index >= 15 is 0 Å². The highest BCUT2D eigenvalue weighted by Gasteiger charge is 2.35. The van der Waals surface area contributed by atoms with Crippen LogP contribution in [0.15, 0.2) is 30.3 Å². The molecular formula is C20H22ClN3O3S. The predicted octanol–water partition coefficient (Wildman–Crippen LogP) is 2.00. The third-order valence-electron chi connectivity index (χ3n) is 5.35. The van der Waals surface area contributed by atoms with Gasteiger partial charge in [0.25, 0.3) is 11.8 Å². The molecule has 8 heteroatoms. The van der Waals surface area contributed by atoms with Crippen LogP contribution in [0.1, 0.15) is 31.2 Å². The standard InChI is InChI=1S/C20H22ClN3O3S/c1-23-7-6-12-8-13(2-3-14(12)9-23)20(27)24-10-15(16(25)11-24)22-19(26)17-4-5-18(21)28-17/h2-5,8,15-16,25H,6-7,9-11H2,1H3,(H,22,26). The van der Waals surface area contributed by atoms with Crippen LogP contribution < -0.4 is 5.32 Å². The fourth-order valence-corrected chi connectivity index (χ4v) is 4.73. The highest BCUT2D eigenvalue weighted by Crippen LogP contribution is 2.23. The van der Waals surface area contributed by atoms with Gasteiger partial charge in [0.1, 0.15) is 0 Å². The minimum absolute atomic E-state index is 0.114. The molecule has 2 aliphatic heterocycles. The Morgan fingerprint density at radius 1 is 1.21 bits per heavy atom. The summed E-state index contributed by atoms with van der Waals surface area (Å²) in [7, 11) is 2.09. The van der Waals surface area contributed by atoms with Crippen molar-refractivity contribution < 1.29 is 14.7 Å². The first-order chi connectivity index (χ1) is 13.4. The number of amides is 2. The van der Waals surface area contributed by atoms with Gasteiger partial charge >= 0.3 is 0 Å². The maximum atomic E-state index is 12.9. The van der Waals surface area contributed by atoms with Crippen molar-refractivity contribution in [3.8, 4) is 0 Å². The van der Waals surface area contributed by atoms with E-state index in [1.807, 2.05) is 18.2 Å². The molecule has 0 radical (unpaired) electrons. The number of rotatable bonds is 3. The molecule has 0 saturated carbocycles. The van der Waals surface area contributed by atoms with Crippen LogP contribution in [0.25, 0.3) is 0 Å². The number of nitrogens with one attached hydrogen (secondary N) is 1. The second kappa shape index (κ2) is 7.83. The van der Waals surface area contributed by atoms with Gasteiger partial charge in [0.2, 0.25) is 0 Å². The minimum Gasteiger partial charge on any atom is -0.389 e. The van der Waals surface area contributed by atoms with Crippen LogP contribution in [-0.2, 0) is 13.0 Å². The van der Waals surface area contributed by atoms with E-state index in [1.165, 1.54) is 22.5 Å². The molecule has 0 bridgehead atoms. The van der Waals surface area contributed by atoms with E-state index < -0.39 is 12.1 Å². The van der Waals surface area contributed by atoms with E-state index in [0.717, 1.165) is 19.5 Å². The number of aliphatic hydroxyl groups is 1. The van der Waals surface area contributed by atoms with Crippen LogP contribution in [0.2, 0.25) is 4.34 Å². The number of likely N-dealkylation sites (N-methyl/N-ethyl adjacent to an activating group) is 1. The van der Waals surface area contributed by atoms with E-state index in [2.05, 4.69) is 17.3 Å². The number of hydrogen-bond donors (Lipinski definition) is 2. The van der Waals surface area contributed by atoms with E-state index in [-0.39, 0.29) is 24.9 Å². The van der Waals surface area contributed by atoms with Gasteiger partial charge in [-0.2, -0.15) is 0 Å². The molecule has 4 rings (SSSR count). The number of carbonyl (C=O) groups is 2. The van der Waals surface area contributed by atoms with Gasteiger partial charge in [-0.05, 0) is 48.9 Å². The van der Waals surface area contributed by atoms with Gasteiger partial charge < -0.3 is 20.2 Å². The molecule has 2 aromatic rings. The number of carbonyl (C=O) groups excluding carboxylic acids is 2. The molecule has 0 spiro atoms. The Morgan fingerprint density at radius 3 is 2.79 bits per heavy atom. The van der Waals surface area contributed by atoms with Crippen molar-refractivity contribution >= 4 is 34.8 Å². The summed E-state index contributed by atoms with van der Waals surface area (Å²) in [4.78, 5) is 29.6. The summed E-state index contributed by atoms with van der Waals surface area (Å²) in [6.45, 7) is 2.36. The Hall–Kier alpha value is -1.93. The van der Waals surface area contributed by atoms with Crippen molar-refractivity contribution in [1.82, 2.24) is 15.1 Å². The molecule has 0 aliphatic carbocycles. The Kier molecular flexibility index (Phi) is 5.42. The van der Waals surface area contributed by atoms with Gasteiger partial charge in [-0.1, -0.05) is 17.7 Å². The molecule has 1 aromatic heterocycles. The second-order valence-electron chi connectivity index (χ2n) is 7.43. The molecule has 2 N–H and O–H groups in total. The maximum absolute atomic E-state index is 12.9. The van der Waals surface area contributed by atoms with Crippen LogP contribution >= 0.6 is 22.9 Å². The molecule has 6 nitrogen and oxygen atoms in total. The first-order valence-electron chi connectivity index (χ1n) is 9.24. The predicted molar refractivity (Wildman–Crippen MR) is 109 cm³/mol. The van der Waals surface area contributed by atoms with Crippen molar-refractivity contribution in [2.75, 3.05) is 26.7 Å². The summed E-state index contributed by atoms with van der Waals surface area (Å²) in [6, 6.07) is 8.66. The molecular weight excluding hydrogens is 398 g/mol. The van der Waals surface area contributed by atoms with Gasteiger partial charge in [-0.25, -0.2) is 0 Å². The summed E-state index contributed by atoms with van der Waals surface area (Å²) in [5.41, 5.74) is 3.10. The van der Waals surface area contributed by atoms with E-state index in [1.54, 1.807) is 17.0 Å². The number of benzene rings is 1. The van der Waals surface area contributed by atoms with Gasteiger partial charge in [0.15, 0.2) is 0 Å². The van der Waals surface area contributed by atoms with Crippen molar-refractivity contribution in [2.24, 2.45) is 0 Å². The Balaban J connectivity index is 1.43. The highest BCUT2D eigenvalue weighted by molar-refractivity contribution is 7.18. The van der Waals surface area contributed by atoms with Gasteiger partial charge in [-0.3, -0.25) is 9.59 Å². The lowest BCUT2D eigenvalue weighted by Gasteiger charge is -2.25. The molecule has 2 unspecified atom stereocenters. The maximum Gasteiger partial charge on any atom is 0.261 e. The lowest BCUT2D eigenvalue weighted by molar-refractivity contribution is 0.0764. The topological polar surface area (TPSA) is 72.9 Å². The van der Waals surface area contributed by atoms with E-state index in [9.17, 15) is 14.7 Å². The SMILES string of the molecule is CN1CCc2cc(C(=O)N3CC(O)C(NC(=O)c4ccc(Cl)s4)C3)ccc2C1. The monoisotopic (exact) mass is 419 g/mol. The largest absolute Gasteiger partial charge is 0.389 e. The Bertz CT molecular complexity index is 916. The van der Waals surface area contributed by atoms with Gasteiger partial charge in [-0.15, -0.1) is 11.3 Å². The highest BCUT2D eigenvalue weighted by atomic mass is 35.5. The normalized spacial score (nSPS) is 22.2. The fraction of sp³-hybridized carbons (Fsp3) is 0.400. The first-order valence-corrected chi connectivity index (χ1v) is 10.4. The zero-order chi connectivity index (χ0) is 19.8. The van der Waals surface area contributed by atoms with Crippen LogP contribution in [0.5, 0.6) is 0 Å². The number of fused-ring (bicyclic) bond motifs is 1. The fourth-order valence-electron chi connectivity index (χ4n) is 3.78. The van der Waals surface area contributed by atoms with Crippen LogP contribution in [0.3, 0.4) is 0 Å². The second-order valence-corrected chi connectivity index (χ2v) is 9.15. The molecule has 2 amide bonds.